The average Bonchev–Trinajstić information content (AvgIpc) is 2.66. The maximum Gasteiger partial charge on any atom is 0.292 e. The average molecular weight is 305 g/mol. The largest absolute Gasteiger partial charge is 0.379 e. The van der Waals surface area contributed by atoms with Crippen LogP contribution in [-0.4, -0.2) is 31.4 Å². The summed E-state index contributed by atoms with van der Waals surface area (Å²) in [4.78, 5) is 10.4. The van der Waals surface area contributed by atoms with E-state index in [1.807, 2.05) is 0 Å². The molecule has 2 rings (SSSR count). The van der Waals surface area contributed by atoms with E-state index in [1.54, 1.807) is 0 Å². The summed E-state index contributed by atoms with van der Waals surface area (Å²) >= 11 is 5.80. The molecule has 1 N–H and O–H groups in total. The number of nitro benzene ring substituents is 1. The number of anilines is 1. The molecular formula is C11H13ClN2O4S. The summed E-state index contributed by atoms with van der Waals surface area (Å²) in [7, 11) is -2.93. The highest BCUT2D eigenvalue weighted by atomic mass is 35.5. The molecule has 0 spiro atoms. The van der Waals surface area contributed by atoms with Crippen LogP contribution in [0.3, 0.4) is 0 Å². The summed E-state index contributed by atoms with van der Waals surface area (Å²) < 4.78 is 22.6. The number of halogens is 1. The Kier molecular flexibility index (Phi) is 3.96. The van der Waals surface area contributed by atoms with Gasteiger partial charge in [-0.1, -0.05) is 11.6 Å². The smallest absolute Gasteiger partial charge is 0.292 e. The summed E-state index contributed by atoms with van der Waals surface area (Å²) in [5.74, 6) is 0.314. The van der Waals surface area contributed by atoms with Crippen molar-refractivity contribution in [1.82, 2.24) is 0 Å². The molecule has 1 aliphatic heterocycles. The van der Waals surface area contributed by atoms with Gasteiger partial charge in [-0.3, -0.25) is 10.1 Å². The molecule has 1 unspecified atom stereocenters. The van der Waals surface area contributed by atoms with Crippen LogP contribution < -0.4 is 5.32 Å². The van der Waals surface area contributed by atoms with Crippen LogP contribution >= 0.6 is 11.6 Å². The second-order valence-corrected chi connectivity index (χ2v) is 7.23. The molecule has 1 aromatic rings. The number of rotatable bonds is 4. The Hall–Kier alpha value is -1.34. The van der Waals surface area contributed by atoms with Crippen molar-refractivity contribution in [2.24, 2.45) is 5.92 Å². The van der Waals surface area contributed by atoms with Crippen LogP contribution in [0.15, 0.2) is 18.2 Å². The first-order chi connectivity index (χ1) is 8.87. The molecule has 19 heavy (non-hydrogen) atoms. The van der Waals surface area contributed by atoms with Gasteiger partial charge in [-0.15, -0.1) is 0 Å². The van der Waals surface area contributed by atoms with Crippen LogP contribution in [0.5, 0.6) is 0 Å². The van der Waals surface area contributed by atoms with Crippen molar-refractivity contribution in [2.45, 2.75) is 6.42 Å². The van der Waals surface area contributed by atoms with Gasteiger partial charge in [0, 0.05) is 17.6 Å². The molecule has 1 fully saturated rings. The molecule has 0 radical (unpaired) electrons. The molecule has 0 aromatic heterocycles. The van der Waals surface area contributed by atoms with Gasteiger partial charge in [0.05, 0.1) is 16.4 Å². The van der Waals surface area contributed by atoms with Crippen molar-refractivity contribution < 1.29 is 13.3 Å². The van der Waals surface area contributed by atoms with Crippen molar-refractivity contribution in [3.8, 4) is 0 Å². The quantitative estimate of drug-likeness (QED) is 0.679. The molecule has 1 saturated heterocycles. The zero-order chi connectivity index (χ0) is 14.0. The lowest BCUT2D eigenvalue weighted by molar-refractivity contribution is -0.384. The van der Waals surface area contributed by atoms with Crippen LogP contribution in [0.25, 0.3) is 0 Å². The Morgan fingerprint density at radius 3 is 2.79 bits per heavy atom. The van der Waals surface area contributed by atoms with Crippen LogP contribution in [0, 0.1) is 16.0 Å². The molecule has 1 aromatic carbocycles. The Labute approximate surface area is 115 Å². The number of sulfone groups is 1. The minimum Gasteiger partial charge on any atom is -0.379 e. The minimum absolute atomic E-state index is 0.0106. The lowest BCUT2D eigenvalue weighted by Gasteiger charge is -2.11. The van der Waals surface area contributed by atoms with Gasteiger partial charge >= 0.3 is 0 Å². The summed E-state index contributed by atoms with van der Waals surface area (Å²) in [6.45, 7) is 0.389. The molecule has 1 aliphatic rings. The van der Waals surface area contributed by atoms with Gasteiger partial charge < -0.3 is 5.32 Å². The molecule has 6 nitrogen and oxygen atoms in total. The molecule has 0 bridgehead atoms. The zero-order valence-corrected chi connectivity index (χ0v) is 11.6. The predicted molar refractivity (Wildman–Crippen MR) is 73.4 cm³/mol. The summed E-state index contributed by atoms with van der Waals surface area (Å²) in [6, 6.07) is 4.25. The lowest BCUT2D eigenvalue weighted by Crippen LogP contribution is -2.16. The molecule has 0 saturated carbocycles. The molecule has 104 valence electrons. The Bertz CT molecular complexity index is 603. The van der Waals surface area contributed by atoms with E-state index in [0.717, 1.165) is 0 Å². The topological polar surface area (TPSA) is 89.3 Å². The minimum atomic E-state index is -2.93. The van der Waals surface area contributed by atoms with Gasteiger partial charge in [-0.2, -0.15) is 0 Å². The van der Waals surface area contributed by atoms with Gasteiger partial charge in [-0.05, 0) is 24.5 Å². The number of hydrogen-bond acceptors (Lipinski definition) is 5. The van der Waals surface area contributed by atoms with Crippen molar-refractivity contribution in [3.05, 3.63) is 33.3 Å². The van der Waals surface area contributed by atoms with Crippen LogP contribution in [-0.2, 0) is 9.84 Å². The predicted octanol–water partition coefficient (Wildman–Crippen LogP) is 2.09. The third kappa shape index (κ3) is 3.57. The van der Waals surface area contributed by atoms with Crippen molar-refractivity contribution in [1.29, 1.82) is 0 Å². The normalized spacial score (nSPS) is 21.2. The Morgan fingerprint density at radius 2 is 2.21 bits per heavy atom. The SMILES string of the molecule is O=[N+]([O-])c1ccc(Cl)cc1NCC1CCS(=O)(=O)C1. The fourth-order valence-corrected chi connectivity index (χ4v) is 4.13. The van der Waals surface area contributed by atoms with Crippen molar-refractivity contribution >= 4 is 32.8 Å². The molecule has 1 atom stereocenters. The lowest BCUT2D eigenvalue weighted by atomic mass is 10.1. The fourth-order valence-electron chi connectivity index (χ4n) is 2.10. The van der Waals surface area contributed by atoms with Gasteiger partial charge in [0.2, 0.25) is 0 Å². The Morgan fingerprint density at radius 1 is 1.47 bits per heavy atom. The summed E-state index contributed by atoms with van der Waals surface area (Å²) in [5.41, 5.74) is 0.257. The second kappa shape index (κ2) is 5.34. The number of nitrogens with zero attached hydrogens (tertiary/aromatic N) is 1. The van der Waals surface area contributed by atoms with Crippen LogP contribution in [0.1, 0.15) is 6.42 Å². The summed E-state index contributed by atoms with van der Waals surface area (Å²) in [5, 5.41) is 14.2. The van der Waals surface area contributed by atoms with Crippen LogP contribution in [0.4, 0.5) is 11.4 Å². The van der Waals surface area contributed by atoms with E-state index in [2.05, 4.69) is 5.32 Å². The third-order valence-corrected chi connectivity index (χ3v) is 5.14. The highest BCUT2D eigenvalue weighted by Crippen LogP contribution is 2.28. The molecule has 0 aliphatic carbocycles. The first-order valence-corrected chi connectivity index (χ1v) is 7.95. The van der Waals surface area contributed by atoms with Gasteiger partial charge in [-0.25, -0.2) is 8.42 Å². The van der Waals surface area contributed by atoms with E-state index in [0.29, 0.717) is 23.7 Å². The van der Waals surface area contributed by atoms with E-state index in [-0.39, 0.29) is 23.1 Å². The van der Waals surface area contributed by atoms with Gasteiger partial charge in [0.15, 0.2) is 9.84 Å². The summed E-state index contributed by atoms with van der Waals surface area (Å²) in [6.07, 6.45) is 0.587. The van der Waals surface area contributed by atoms with Crippen molar-refractivity contribution in [2.75, 3.05) is 23.4 Å². The maximum atomic E-state index is 11.3. The number of nitrogens with one attached hydrogen (secondary N) is 1. The van der Waals surface area contributed by atoms with E-state index in [9.17, 15) is 18.5 Å². The monoisotopic (exact) mass is 304 g/mol. The van der Waals surface area contributed by atoms with E-state index in [1.165, 1.54) is 18.2 Å². The van der Waals surface area contributed by atoms with Gasteiger partial charge in [0.25, 0.3) is 5.69 Å². The first-order valence-electron chi connectivity index (χ1n) is 5.75. The van der Waals surface area contributed by atoms with E-state index in [4.69, 9.17) is 11.6 Å². The maximum absolute atomic E-state index is 11.3. The molecule has 8 heteroatoms. The molecule has 1 heterocycles. The highest BCUT2D eigenvalue weighted by Gasteiger charge is 2.28. The van der Waals surface area contributed by atoms with Crippen molar-refractivity contribution in [3.63, 3.8) is 0 Å². The second-order valence-electron chi connectivity index (χ2n) is 4.57. The molecule has 0 amide bonds. The number of nitro groups is 1. The van der Waals surface area contributed by atoms with Gasteiger partial charge in [0.1, 0.15) is 5.69 Å². The van der Waals surface area contributed by atoms with Crippen LogP contribution in [0.2, 0.25) is 5.02 Å². The zero-order valence-electron chi connectivity index (χ0n) is 10.0. The third-order valence-electron chi connectivity index (χ3n) is 3.06. The standard InChI is InChI=1S/C11H13ClN2O4S/c12-9-1-2-11(14(15)16)10(5-9)13-6-8-3-4-19(17,18)7-8/h1-2,5,8,13H,3-4,6-7H2. The highest BCUT2D eigenvalue weighted by molar-refractivity contribution is 7.91. The fraction of sp³-hybridized carbons (Fsp3) is 0.455. The number of benzene rings is 1. The van der Waals surface area contributed by atoms with E-state index < -0.39 is 14.8 Å². The van der Waals surface area contributed by atoms with E-state index >= 15 is 0 Å². The Balaban J connectivity index is 2.07. The number of hydrogen-bond donors (Lipinski definition) is 1. The molecular weight excluding hydrogens is 292 g/mol. The first kappa shape index (κ1) is 14.1.